The molecular weight excluding hydrogens is 294 g/mol. The fraction of sp³-hybridized carbons (Fsp3) is 0.238. The SMILES string of the molecule is C=CCN1CCC(c2cc(-c3ccccc3)cc3cncnc23)C1. The molecule has 24 heavy (non-hydrogen) atoms. The van der Waals surface area contributed by atoms with Crippen molar-refractivity contribution < 1.29 is 0 Å². The summed E-state index contributed by atoms with van der Waals surface area (Å²) in [6.45, 7) is 7.02. The average Bonchev–Trinajstić information content (AvgIpc) is 3.10. The molecular formula is C21H21N3. The minimum Gasteiger partial charge on any atom is -0.299 e. The second kappa shape index (κ2) is 6.54. The first-order valence-corrected chi connectivity index (χ1v) is 8.47. The van der Waals surface area contributed by atoms with Gasteiger partial charge >= 0.3 is 0 Å². The van der Waals surface area contributed by atoms with E-state index in [0.717, 1.165) is 30.5 Å². The molecule has 3 heteroatoms. The maximum atomic E-state index is 4.58. The van der Waals surface area contributed by atoms with Gasteiger partial charge in [-0.2, -0.15) is 0 Å². The molecule has 0 radical (unpaired) electrons. The van der Waals surface area contributed by atoms with Gasteiger partial charge in [-0.15, -0.1) is 6.58 Å². The minimum atomic E-state index is 0.519. The maximum Gasteiger partial charge on any atom is 0.116 e. The van der Waals surface area contributed by atoms with Crippen LogP contribution in [0.5, 0.6) is 0 Å². The third kappa shape index (κ3) is 2.83. The van der Waals surface area contributed by atoms with Crippen molar-refractivity contribution in [1.82, 2.24) is 14.9 Å². The summed E-state index contributed by atoms with van der Waals surface area (Å²) in [5, 5.41) is 1.12. The van der Waals surface area contributed by atoms with Gasteiger partial charge in [0, 0.05) is 24.7 Å². The van der Waals surface area contributed by atoms with Crippen LogP contribution in [0.1, 0.15) is 17.9 Å². The first-order chi connectivity index (χ1) is 11.8. The minimum absolute atomic E-state index is 0.519. The quantitative estimate of drug-likeness (QED) is 0.673. The largest absolute Gasteiger partial charge is 0.299 e. The van der Waals surface area contributed by atoms with E-state index in [1.54, 1.807) is 6.33 Å². The molecule has 3 nitrogen and oxygen atoms in total. The van der Waals surface area contributed by atoms with Crippen LogP contribution in [0.2, 0.25) is 0 Å². The molecule has 120 valence electrons. The molecule has 0 aliphatic carbocycles. The zero-order valence-electron chi connectivity index (χ0n) is 13.7. The molecule has 4 rings (SSSR count). The van der Waals surface area contributed by atoms with Crippen LogP contribution >= 0.6 is 0 Å². The fourth-order valence-electron chi connectivity index (χ4n) is 3.68. The third-order valence-corrected chi connectivity index (χ3v) is 4.84. The average molecular weight is 315 g/mol. The van der Waals surface area contributed by atoms with Gasteiger partial charge < -0.3 is 0 Å². The lowest BCUT2D eigenvalue weighted by Crippen LogP contribution is -2.20. The lowest BCUT2D eigenvalue weighted by Gasteiger charge is -2.16. The van der Waals surface area contributed by atoms with Gasteiger partial charge in [0.1, 0.15) is 6.33 Å². The molecule has 1 unspecified atom stereocenters. The molecule has 2 aromatic carbocycles. The summed E-state index contributed by atoms with van der Waals surface area (Å²) in [7, 11) is 0. The van der Waals surface area contributed by atoms with Gasteiger partial charge in [0.05, 0.1) is 5.52 Å². The molecule has 1 fully saturated rings. The molecule has 1 atom stereocenters. The van der Waals surface area contributed by atoms with Crippen molar-refractivity contribution in [2.75, 3.05) is 19.6 Å². The fourth-order valence-corrected chi connectivity index (χ4v) is 3.68. The van der Waals surface area contributed by atoms with Crippen molar-refractivity contribution in [1.29, 1.82) is 0 Å². The summed E-state index contributed by atoms with van der Waals surface area (Å²) in [5.74, 6) is 0.519. The van der Waals surface area contributed by atoms with Gasteiger partial charge in [-0.05, 0) is 47.7 Å². The Morgan fingerprint density at radius 2 is 2.04 bits per heavy atom. The predicted molar refractivity (Wildman–Crippen MR) is 99.0 cm³/mol. The van der Waals surface area contributed by atoms with Gasteiger partial charge in [0.25, 0.3) is 0 Å². The summed E-state index contributed by atoms with van der Waals surface area (Å²) in [5.41, 5.74) is 4.93. The molecule has 3 aromatic rings. The highest BCUT2D eigenvalue weighted by Gasteiger charge is 2.25. The Kier molecular flexibility index (Phi) is 4.09. The summed E-state index contributed by atoms with van der Waals surface area (Å²) in [6.07, 6.45) is 6.74. The van der Waals surface area contributed by atoms with Crippen molar-refractivity contribution in [2.45, 2.75) is 12.3 Å². The Bertz CT molecular complexity index is 857. The van der Waals surface area contributed by atoms with Crippen molar-refractivity contribution in [3.05, 3.63) is 73.2 Å². The highest BCUT2D eigenvalue weighted by molar-refractivity contribution is 5.87. The molecule has 1 aliphatic heterocycles. The molecule has 2 heterocycles. The molecule has 0 spiro atoms. The lowest BCUT2D eigenvalue weighted by atomic mass is 9.92. The molecule has 1 aliphatic rings. The van der Waals surface area contributed by atoms with Crippen LogP contribution in [0.15, 0.2) is 67.6 Å². The van der Waals surface area contributed by atoms with E-state index in [-0.39, 0.29) is 0 Å². The van der Waals surface area contributed by atoms with Gasteiger partial charge in [-0.1, -0.05) is 36.4 Å². The summed E-state index contributed by atoms with van der Waals surface area (Å²) < 4.78 is 0. The molecule has 1 aromatic heterocycles. The number of aromatic nitrogens is 2. The summed E-state index contributed by atoms with van der Waals surface area (Å²) in [4.78, 5) is 11.3. The Morgan fingerprint density at radius 3 is 2.88 bits per heavy atom. The smallest absolute Gasteiger partial charge is 0.116 e. The Morgan fingerprint density at radius 1 is 1.17 bits per heavy atom. The monoisotopic (exact) mass is 315 g/mol. The van der Waals surface area contributed by atoms with E-state index < -0.39 is 0 Å². The number of hydrogen-bond donors (Lipinski definition) is 0. The summed E-state index contributed by atoms with van der Waals surface area (Å²) >= 11 is 0. The first-order valence-electron chi connectivity index (χ1n) is 8.47. The van der Waals surface area contributed by atoms with Crippen molar-refractivity contribution in [3.63, 3.8) is 0 Å². The zero-order valence-corrected chi connectivity index (χ0v) is 13.7. The Balaban J connectivity index is 1.80. The molecule has 0 N–H and O–H groups in total. The highest BCUT2D eigenvalue weighted by Crippen LogP contribution is 2.35. The van der Waals surface area contributed by atoms with Gasteiger partial charge in [-0.25, -0.2) is 9.97 Å². The van der Waals surface area contributed by atoms with Crippen molar-refractivity contribution >= 4 is 10.9 Å². The van der Waals surface area contributed by atoms with Crippen LogP contribution in [0.4, 0.5) is 0 Å². The zero-order chi connectivity index (χ0) is 16.4. The van der Waals surface area contributed by atoms with Crippen LogP contribution in [0, 0.1) is 0 Å². The lowest BCUT2D eigenvalue weighted by molar-refractivity contribution is 0.372. The Hall–Kier alpha value is -2.52. The van der Waals surface area contributed by atoms with Gasteiger partial charge in [-0.3, -0.25) is 4.90 Å². The van der Waals surface area contributed by atoms with Crippen LogP contribution < -0.4 is 0 Å². The van der Waals surface area contributed by atoms with Gasteiger partial charge in [0.2, 0.25) is 0 Å². The highest BCUT2D eigenvalue weighted by atomic mass is 15.1. The number of hydrogen-bond acceptors (Lipinski definition) is 3. The number of benzene rings is 2. The van der Waals surface area contributed by atoms with E-state index in [9.17, 15) is 0 Å². The van der Waals surface area contributed by atoms with E-state index in [2.05, 4.69) is 63.9 Å². The first kappa shape index (κ1) is 15.0. The van der Waals surface area contributed by atoms with Crippen LogP contribution in [-0.4, -0.2) is 34.5 Å². The number of nitrogens with zero attached hydrogens (tertiary/aromatic N) is 3. The van der Waals surface area contributed by atoms with Gasteiger partial charge in [0.15, 0.2) is 0 Å². The van der Waals surface area contributed by atoms with Crippen molar-refractivity contribution in [3.8, 4) is 11.1 Å². The second-order valence-electron chi connectivity index (χ2n) is 6.43. The van der Waals surface area contributed by atoms with E-state index in [4.69, 9.17) is 0 Å². The molecule has 0 bridgehead atoms. The molecule has 0 saturated carbocycles. The van der Waals surface area contributed by atoms with Crippen molar-refractivity contribution in [2.24, 2.45) is 0 Å². The maximum absolute atomic E-state index is 4.58. The van der Waals surface area contributed by atoms with E-state index >= 15 is 0 Å². The number of rotatable bonds is 4. The topological polar surface area (TPSA) is 29.0 Å². The normalized spacial score (nSPS) is 18.1. The number of fused-ring (bicyclic) bond motifs is 1. The van der Waals surface area contributed by atoms with Crippen LogP contribution in [-0.2, 0) is 0 Å². The Labute approximate surface area is 142 Å². The van der Waals surface area contributed by atoms with E-state index in [0.29, 0.717) is 5.92 Å². The van der Waals surface area contributed by atoms with E-state index in [1.807, 2.05) is 12.3 Å². The van der Waals surface area contributed by atoms with Crippen LogP contribution in [0.25, 0.3) is 22.0 Å². The molecule has 0 amide bonds. The predicted octanol–water partition coefficient (Wildman–Crippen LogP) is 4.27. The standard InChI is InChI=1S/C21H21N3/c1-2-9-24-10-8-17(14-24)20-12-18(16-6-4-3-5-7-16)11-19-13-22-15-23-21(19)20/h2-7,11-13,15,17H,1,8-10,14H2. The molecule has 1 saturated heterocycles. The summed E-state index contributed by atoms with van der Waals surface area (Å²) in [6, 6.07) is 15.1. The van der Waals surface area contributed by atoms with Crippen LogP contribution in [0.3, 0.4) is 0 Å². The third-order valence-electron chi connectivity index (χ3n) is 4.84. The second-order valence-corrected chi connectivity index (χ2v) is 6.43. The van der Waals surface area contributed by atoms with E-state index in [1.165, 1.54) is 23.1 Å². The number of likely N-dealkylation sites (tertiary alicyclic amines) is 1.